The summed E-state index contributed by atoms with van der Waals surface area (Å²) in [6.45, 7) is 2.61. The van der Waals surface area contributed by atoms with Crippen LogP contribution < -0.4 is 15.4 Å². The number of nitrogens with zero attached hydrogens (tertiary/aromatic N) is 2. The first-order valence-corrected chi connectivity index (χ1v) is 6.59. The lowest BCUT2D eigenvalue weighted by Crippen LogP contribution is -2.25. The first-order chi connectivity index (χ1) is 9.20. The van der Waals surface area contributed by atoms with Gasteiger partial charge in [0, 0.05) is 19.0 Å². The molecule has 0 atom stereocenters. The Balaban J connectivity index is 1.71. The van der Waals surface area contributed by atoms with E-state index < -0.39 is 0 Å². The second-order valence-corrected chi connectivity index (χ2v) is 4.73. The summed E-state index contributed by atoms with van der Waals surface area (Å²) < 4.78 is 5.13. The number of methoxy groups -OCH3 is 1. The number of aromatic nitrogens is 2. The Kier molecular flexibility index (Phi) is 4.54. The molecule has 1 fully saturated rings. The molecule has 1 aromatic rings. The van der Waals surface area contributed by atoms with Crippen LogP contribution in [0.15, 0.2) is 6.33 Å². The second-order valence-electron chi connectivity index (χ2n) is 4.73. The quantitative estimate of drug-likeness (QED) is 0.725. The van der Waals surface area contributed by atoms with E-state index in [9.17, 15) is 4.79 Å². The summed E-state index contributed by atoms with van der Waals surface area (Å²) in [6.07, 6.45) is 5.05. The summed E-state index contributed by atoms with van der Waals surface area (Å²) in [6, 6.07) is 0.439. The number of amides is 1. The third-order valence-corrected chi connectivity index (χ3v) is 3.05. The van der Waals surface area contributed by atoms with E-state index in [0.29, 0.717) is 24.9 Å². The van der Waals surface area contributed by atoms with E-state index in [2.05, 4.69) is 20.6 Å². The zero-order valence-corrected chi connectivity index (χ0v) is 11.4. The van der Waals surface area contributed by atoms with Crippen LogP contribution in [0, 0.1) is 6.92 Å². The number of carbonyl (C=O) groups excluding carboxylic acids is 1. The largest absolute Gasteiger partial charge is 0.481 e. The maximum absolute atomic E-state index is 11.5. The average molecular weight is 264 g/mol. The second kappa shape index (κ2) is 6.36. The lowest BCUT2D eigenvalue weighted by atomic mass is 10.2. The van der Waals surface area contributed by atoms with Gasteiger partial charge in [-0.2, -0.15) is 0 Å². The van der Waals surface area contributed by atoms with E-state index >= 15 is 0 Å². The number of nitrogens with one attached hydrogen (secondary N) is 2. The fourth-order valence-electron chi connectivity index (χ4n) is 1.80. The molecular formula is C13H20N4O2. The van der Waals surface area contributed by atoms with Crippen LogP contribution in [0.2, 0.25) is 0 Å². The van der Waals surface area contributed by atoms with Crippen LogP contribution in [0.3, 0.4) is 0 Å². The van der Waals surface area contributed by atoms with Crippen LogP contribution in [-0.2, 0) is 4.79 Å². The molecule has 0 spiro atoms. The predicted molar refractivity (Wildman–Crippen MR) is 72.2 cm³/mol. The van der Waals surface area contributed by atoms with Crippen molar-refractivity contribution in [1.82, 2.24) is 15.3 Å². The number of anilines is 1. The molecule has 1 aliphatic rings. The van der Waals surface area contributed by atoms with Gasteiger partial charge in [0.1, 0.15) is 12.1 Å². The molecule has 6 nitrogen and oxygen atoms in total. The Labute approximate surface area is 113 Å². The Hall–Kier alpha value is -1.85. The summed E-state index contributed by atoms with van der Waals surface area (Å²) in [5.74, 6) is 1.47. The molecule has 0 saturated heterocycles. The van der Waals surface area contributed by atoms with Gasteiger partial charge in [-0.1, -0.05) is 0 Å². The van der Waals surface area contributed by atoms with Crippen molar-refractivity contribution in [3.63, 3.8) is 0 Å². The molecule has 19 heavy (non-hydrogen) atoms. The third kappa shape index (κ3) is 4.08. The predicted octanol–water partition coefficient (Wildman–Crippen LogP) is 1.26. The normalized spacial score (nSPS) is 14.0. The molecule has 104 valence electrons. The molecule has 1 aromatic heterocycles. The first-order valence-electron chi connectivity index (χ1n) is 6.59. The van der Waals surface area contributed by atoms with Gasteiger partial charge in [-0.25, -0.2) is 9.97 Å². The molecule has 1 heterocycles. The maximum Gasteiger partial charge on any atom is 0.221 e. The molecule has 0 aromatic carbocycles. The number of carbonyl (C=O) groups is 1. The van der Waals surface area contributed by atoms with Crippen LogP contribution >= 0.6 is 0 Å². The fraction of sp³-hybridized carbons (Fsp3) is 0.615. The van der Waals surface area contributed by atoms with Crippen molar-refractivity contribution in [3.8, 4) is 5.88 Å². The number of rotatable bonds is 7. The lowest BCUT2D eigenvalue weighted by Gasteiger charge is -2.10. The van der Waals surface area contributed by atoms with Crippen molar-refractivity contribution in [2.75, 3.05) is 19.0 Å². The summed E-state index contributed by atoms with van der Waals surface area (Å²) in [4.78, 5) is 19.7. The molecule has 6 heteroatoms. The molecule has 0 radical (unpaired) electrons. The topological polar surface area (TPSA) is 76.1 Å². The van der Waals surface area contributed by atoms with E-state index in [1.54, 1.807) is 7.11 Å². The smallest absolute Gasteiger partial charge is 0.221 e. The van der Waals surface area contributed by atoms with Gasteiger partial charge in [-0.05, 0) is 26.2 Å². The van der Waals surface area contributed by atoms with Gasteiger partial charge in [0.25, 0.3) is 0 Å². The van der Waals surface area contributed by atoms with Crippen LogP contribution in [-0.4, -0.2) is 35.6 Å². The summed E-state index contributed by atoms with van der Waals surface area (Å²) in [5, 5.41) is 6.17. The highest BCUT2D eigenvalue weighted by molar-refractivity contribution is 5.76. The molecule has 2 N–H and O–H groups in total. The van der Waals surface area contributed by atoms with E-state index in [0.717, 1.165) is 30.6 Å². The monoisotopic (exact) mass is 264 g/mol. The minimum absolute atomic E-state index is 0.140. The van der Waals surface area contributed by atoms with Crippen LogP contribution in [0.1, 0.15) is 31.2 Å². The van der Waals surface area contributed by atoms with E-state index in [4.69, 9.17) is 4.74 Å². The number of ether oxygens (including phenoxy) is 1. The third-order valence-electron chi connectivity index (χ3n) is 3.05. The molecule has 0 bridgehead atoms. The highest BCUT2D eigenvalue weighted by Crippen LogP contribution is 2.20. The van der Waals surface area contributed by atoms with Crippen LogP contribution in [0.4, 0.5) is 5.82 Å². The zero-order chi connectivity index (χ0) is 13.7. The average Bonchev–Trinajstić information content (AvgIpc) is 3.20. The van der Waals surface area contributed by atoms with Crippen LogP contribution in [0.25, 0.3) is 0 Å². The van der Waals surface area contributed by atoms with Gasteiger partial charge in [0.2, 0.25) is 11.8 Å². The molecule has 0 unspecified atom stereocenters. The van der Waals surface area contributed by atoms with Crippen molar-refractivity contribution in [2.45, 2.75) is 38.6 Å². The van der Waals surface area contributed by atoms with E-state index in [-0.39, 0.29) is 5.91 Å². The summed E-state index contributed by atoms with van der Waals surface area (Å²) >= 11 is 0. The summed E-state index contributed by atoms with van der Waals surface area (Å²) in [7, 11) is 1.58. The molecule has 0 aliphatic heterocycles. The first kappa shape index (κ1) is 13.6. The highest BCUT2D eigenvalue weighted by atomic mass is 16.5. The Morgan fingerprint density at radius 3 is 2.95 bits per heavy atom. The van der Waals surface area contributed by atoms with Gasteiger partial charge in [0.15, 0.2) is 0 Å². The summed E-state index contributed by atoms with van der Waals surface area (Å²) in [5.41, 5.74) is 0.882. The standard InChI is InChI=1S/C13H20N4O2/c1-9-12(15-8-16-13(9)19-2)14-7-3-4-11(18)17-10-5-6-10/h8,10H,3-7H2,1-2H3,(H,17,18)(H,14,15,16). The van der Waals surface area contributed by atoms with Gasteiger partial charge in [-0.3, -0.25) is 4.79 Å². The SMILES string of the molecule is COc1ncnc(NCCCC(=O)NC2CC2)c1C. The Morgan fingerprint density at radius 2 is 2.26 bits per heavy atom. The van der Waals surface area contributed by atoms with Crippen molar-refractivity contribution in [3.05, 3.63) is 11.9 Å². The van der Waals surface area contributed by atoms with Crippen molar-refractivity contribution >= 4 is 11.7 Å². The molecule has 1 amide bonds. The minimum atomic E-state index is 0.140. The molecular weight excluding hydrogens is 244 g/mol. The number of hydrogen-bond acceptors (Lipinski definition) is 5. The van der Waals surface area contributed by atoms with Gasteiger partial charge < -0.3 is 15.4 Å². The van der Waals surface area contributed by atoms with E-state index in [1.807, 2.05) is 6.92 Å². The highest BCUT2D eigenvalue weighted by Gasteiger charge is 2.22. The van der Waals surface area contributed by atoms with Crippen molar-refractivity contribution in [1.29, 1.82) is 0 Å². The molecule has 2 rings (SSSR count). The number of hydrogen-bond donors (Lipinski definition) is 2. The minimum Gasteiger partial charge on any atom is -0.481 e. The lowest BCUT2D eigenvalue weighted by molar-refractivity contribution is -0.121. The van der Waals surface area contributed by atoms with Crippen molar-refractivity contribution < 1.29 is 9.53 Å². The van der Waals surface area contributed by atoms with Gasteiger partial charge >= 0.3 is 0 Å². The van der Waals surface area contributed by atoms with Gasteiger partial charge in [0.05, 0.1) is 12.7 Å². The molecule has 1 aliphatic carbocycles. The van der Waals surface area contributed by atoms with Crippen molar-refractivity contribution in [2.24, 2.45) is 0 Å². The Morgan fingerprint density at radius 1 is 1.47 bits per heavy atom. The van der Waals surface area contributed by atoms with Crippen LogP contribution in [0.5, 0.6) is 5.88 Å². The van der Waals surface area contributed by atoms with E-state index in [1.165, 1.54) is 6.33 Å². The maximum atomic E-state index is 11.5. The molecule has 1 saturated carbocycles. The Bertz CT molecular complexity index is 446. The zero-order valence-electron chi connectivity index (χ0n) is 11.4. The fourth-order valence-corrected chi connectivity index (χ4v) is 1.80. The van der Waals surface area contributed by atoms with Gasteiger partial charge in [-0.15, -0.1) is 0 Å².